The minimum absolute atomic E-state index is 0.0565. The van der Waals surface area contributed by atoms with E-state index in [4.69, 9.17) is 4.74 Å². The van der Waals surface area contributed by atoms with Crippen molar-refractivity contribution in [3.8, 4) is 5.75 Å². The molecule has 0 amide bonds. The van der Waals surface area contributed by atoms with Crippen molar-refractivity contribution in [2.75, 3.05) is 17.3 Å². The van der Waals surface area contributed by atoms with E-state index in [1.807, 2.05) is 0 Å². The molecule has 4 nitrogen and oxygen atoms in total. The number of allylic oxidation sites excluding steroid dienone is 12. The van der Waals surface area contributed by atoms with Crippen LogP contribution >= 0.6 is 11.8 Å². The number of nitrogens with zero attached hydrogens (tertiary/aromatic N) is 1. The van der Waals surface area contributed by atoms with Crippen molar-refractivity contribution in [3.63, 3.8) is 0 Å². The predicted molar refractivity (Wildman–Crippen MR) is 281 cm³/mol. The van der Waals surface area contributed by atoms with Gasteiger partial charge in [-0.1, -0.05) is 128 Å². The lowest BCUT2D eigenvalue weighted by Crippen LogP contribution is -2.59. The second kappa shape index (κ2) is 16.3. The van der Waals surface area contributed by atoms with Gasteiger partial charge < -0.3 is 15.0 Å². The highest BCUT2D eigenvalue weighted by Gasteiger charge is 2.68. The Kier molecular flexibility index (Phi) is 10.1. The van der Waals surface area contributed by atoms with E-state index in [0.717, 1.165) is 63.5 Å². The molecule has 15 unspecified atom stereocenters. The Labute approximate surface area is 409 Å². The first-order chi connectivity index (χ1) is 33.6. The average Bonchev–Trinajstić information content (AvgIpc) is 4.14. The molecule has 0 radical (unpaired) electrons. The Balaban J connectivity index is 0.883. The molecule has 9 aliphatic carbocycles. The highest BCUT2D eigenvalue weighted by molar-refractivity contribution is 8.01. The van der Waals surface area contributed by atoms with E-state index < -0.39 is 0 Å². The van der Waals surface area contributed by atoms with E-state index in [1.54, 1.807) is 16.7 Å². The molecule has 11 aliphatic rings. The normalized spacial score (nSPS) is 39.3. The van der Waals surface area contributed by atoms with Crippen molar-refractivity contribution < 1.29 is 4.74 Å². The summed E-state index contributed by atoms with van der Waals surface area (Å²) in [6.07, 6.45) is 48.6. The van der Waals surface area contributed by atoms with E-state index in [0.29, 0.717) is 69.8 Å². The number of anilines is 3. The zero-order valence-electron chi connectivity index (χ0n) is 40.0. The summed E-state index contributed by atoms with van der Waals surface area (Å²) in [5.41, 5.74) is 12.5. The second-order valence-corrected chi connectivity index (χ2v) is 23.7. The summed E-state index contributed by atoms with van der Waals surface area (Å²) < 4.78 is 6.99. The summed E-state index contributed by atoms with van der Waals surface area (Å²) in [5, 5.41) is 9.32. The Morgan fingerprint density at radius 2 is 1.68 bits per heavy atom. The molecule has 68 heavy (non-hydrogen) atoms. The molecule has 14 rings (SSSR count). The number of hydrogen-bond acceptors (Lipinski definition) is 5. The monoisotopic (exact) mass is 914 g/mol. The van der Waals surface area contributed by atoms with E-state index >= 15 is 0 Å². The van der Waals surface area contributed by atoms with Crippen molar-refractivity contribution in [2.24, 2.45) is 41.4 Å². The summed E-state index contributed by atoms with van der Waals surface area (Å²) in [5.74, 6) is 5.49. The summed E-state index contributed by atoms with van der Waals surface area (Å²) in [7, 11) is 2.21. The summed E-state index contributed by atoms with van der Waals surface area (Å²) in [4.78, 5) is 2.66. The zero-order chi connectivity index (χ0) is 45.1. The lowest BCUT2D eigenvalue weighted by molar-refractivity contribution is 0.182. The van der Waals surface area contributed by atoms with Gasteiger partial charge in [-0.2, -0.15) is 0 Å². The smallest absolute Gasteiger partial charge is 0.147 e. The fourth-order valence-electron chi connectivity index (χ4n) is 16.8. The largest absolute Gasteiger partial charge is 0.483 e. The maximum atomic E-state index is 6.99. The first-order valence-electron chi connectivity index (χ1n) is 26.8. The highest BCUT2D eigenvalue weighted by Crippen LogP contribution is 2.73. The average molecular weight is 914 g/mol. The Hall–Kier alpha value is -4.89. The van der Waals surface area contributed by atoms with Crippen LogP contribution in [0.1, 0.15) is 118 Å². The van der Waals surface area contributed by atoms with Crippen molar-refractivity contribution >= 4 is 34.4 Å². The second-order valence-electron chi connectivity index (χ2n) is 22.4. The quantitative estimate of drug-likeness (QED) is 0.182. The van der Waals surface area contributed by atoms with Gasteiger partial charge in [0.25, 0.3) is 0 Å². The standard InChI is InChI=1S/C63H67N3OS/c1-39-18-14-34-57-58(39)49-27-17-37-62(64-2,61(49)68-57)65-54-31-12-8-22-44(54)46-25-15-30-52-59(46)48-24-7-11-29-51(48)63(52)50-28-10-6-21-42(50)43-36-35-41(38-53(43)63)66(40-19-4-3-5-20-40)55-32-16-26-47-45-23-9-13-33-56(45)67-60(47)55/h3-4,6,8,10-14,16,21-22,25-29,31-34,38-40,42,45,48,50-52,56-59,61,64-65H,5,7,9,15,17-20,23-24,30,37H2,1-2H3. The van der Waals surface area contributed by atoms with Crippen LogP contribution in [-0.2, 0) is 5.41 Å². The van der Waals surface area contributed by atoms with Gasteiger partial charge in [-0.15, -0.1) is 11.8 Å². The molecule has 2 N–H and O–H groups in total. The van der Waals surface area contributed by atoms with Crippen LogP contribution in [-0.4, -0.2) is 35.4 Å². The molecule has 1 saturated heterocycles. The van der Waals surface area contributed by atoms with Gasteiger partial charge in [-0.3, -0.25) is 5.32 Å². The molecule has 0 aromatic heterocycles. The van der Waals surface area contributed by atoms with E-state index in [9.17, 15) is 0 Å². The molecule has 3 aromatic rings. The van der Waals surface area contributed by atoms with Crippen molar-refractivity contribution in [2.45, 2.75) is 130 Å². The van der Waals surface area contributed by atoms with Gasteiger partial charge in [0.2, 0.25) is 0 Å². The van der Waals surface area contributed by atoms with Crippen LogP contribution < -0.4 is 20.3 Å². The number of fused-ring (bicyclic) bond motifs is 16. The molecule has 2 aliphatic heterocycles. The molecular formula is C63H67N3OS. The van der Waals surface area contributed by atoms with Gasteiger partial charge in [0.05, 0.1) is 16.6 Å². The summed E-state index contributed by atoms with van der Waals surface area (Å²) in [6.45, 7) is 2.48. The number of ether oxygens (including phenoxy) is 1. The van der Waals surface area contributed by atoms with Crippen LogP contribution in [0.4, 0.5) is 17.1 Å². The van der Waals surface area contributed by atoms with E-state index in [2.05, 4.69) is 187 Å². The summed E-state index contributed by atoms with van der Waals surface area (Å²) >= 11 is 2.21. The minimum Gasteiger partial charge on any atom is -0.483 e. The molecular weight excluding hydrogens is 847 g/mol. The van der Waals surface area contributed by atoms with Gasteiger partial charge in [0.1, 0.15) is 17.5 Å². The third kappa shape index (κ3) is 6.05. The van der Waals surface area contributed by atoms with Gasteiger partial charge in [-0.25, -0.2) is 0 Å². The highest BCUT2D eigenvalue weighted by atomic mass is 32.2. The van der Waals surface area contributed by atoms with Crippen molar-refractivity contribution in [3.05, 3.63) is 174 Å². The molecule has 2 heterocycles. The van der Waals surface area contributed by atoms with Crippen LogP contribution in [0.5, 0.6) is 5.75 Å². The molecule has 5 heteroatoms. The SMILES string of the molecule is CNC1(Nc2ccccc2C2=CCCC3C2C2CCC=CC2C32c3cc(N(c4cccc5c4OC4C=CCCC54)C4CC=CCC4)c#cc3C3C=CC=CC32)CCC=C2C3C(C)CC=CC3SC21. The minimum atomic E-state index is -0.213. The van der Waals surface area contributed by atoms with Crippen LogP contribution in [0.2, 0.25) is 0 Å². The lowest BCUT2D eigenvalue weighted by atomic mass is 9.57. The molecule has 1 saturated carbocycles. The number of benzene rings is 2. The third-order valence-electron chi connectivity index (χ3n) is 19.5. The predicted octanol–water partition coefficient (Wildman–Crippen LogP) is 14.3. The van der Waals surface area contributed by atoms with E-state index in [1.165, 1.54) is 53.0 Å². The van der Waals surface area contributed by atoms with E-state index in [-0.39, 0.29) is 17.2 Å². The topological polar surface area (TPSA) is 36.5 Å². The number of para-hydroxylation sites is 2. The molecule has 2 fully saturated rings. The van der Waals surface area contributed by atoms with Crippen molar-refractivity contribution in [1.29, 1.82) is 0 Å². The van der Waals surface area contributed by atoms with Crippen LogP contribution in [0.3, 0.4) is 0 Å². The fourth-order valence-corrected chi connectivity index (χ4v) is 18.9. The third-order valence-corrected chi connectivity index (χ3v) is 21.2. The lowest BCUT2D eigenvalue weighted by Gasteiger charge is -2.46. The number of nitrogens with one attached hydrogen (secondary N) is 2. The molecule has 346 valence electrons. The van der Waals surface area contributed by atoms with Gasteiger partial charge in [0.15, 0.2) is 0 Å². The Bertz CT molecular complexity index is 2770. The number of rotatable bonds is 7. The van der Waals surface area contributed by atoms with Gasteiger partial charge in [-0.05, 0) is 167 Å². The first kappa shape index (κ1) is 42.0. The number of thioether (sulfide) groups is 1. The Morgan fingerprint density at radius 1 is 0.779 bits per heavy atom. The van der Waals surface area contributed by atoms with Crippen LogP contribution in [0.15, 0.2) is 139 Å². The zero-order valence-corrected chi connectivity index (χ0v) is 40.8. The van der Waals surface area contributed by atoms with Gasteiger partial charge >= 0.3 is 0 Å². The maximum absolute atomic E-state index is 6.99. The van der Waals surface area contributed by atoms with Crippen LogP contribution in [0, 0.1) is 53.6 Å². The fraction of sp³-hybridized carbons (Fsp3) is 0.460. The van der Waals surface area contributed by atoms with Crippen molar-refractivity contribution in [1.82, 2.24) is 5.32 Å². The molecule has 1 spiro atoms. The Morgan fingerprint density at radius 3 is 2.60 bits per heavy atom. The first-order valence-corrected chi connectivity index (χ1v) is 27.7. The number of hydrogen-bond donors (Lipinski definition) is 2. The van der Waals surface area contributed by atoms with Gasteiger partial charge in [0, 0.05) is 50.9 Å². The van der Waals surface area contributed by atoms with Crippen LogP contribution in [0.25, 0.3) is 5.57 Å². The molecule has 3 aromatic carbocycles. The molecule has 0 bridgehead atoms. The molecule has 15 atom stereocenters. The maximum Gasteiger partial charge on any atom is 0.147 e. The summed E-state index contributed by atoms with van der Waals surface area (Å²) in [6, 6.07) is 27.4.